The molecule has 1 saturated heterocycles. The largest absolute Gasteiger partial charge is 0.300 e. The highest BCUT2D eigenvalue weighted by Crippen LogP contribution is 2.32. The van der Waals surface area contributed by atoms with Crippen molar-refractivity contribution in [2.24, 2.45) is 5.92 Å². The maximum atomic E-state index is 2.76. The molecule has 0 aromatic heterocycles. The summed E-state index contributed by atoms with van der Waals surface area (Å²) < 4.78 is 0. The minimum Gasteiger partial charge on any atom is -0.300 e. The van der Waals surface area contributed by atoms with Gasteiger partial charge in [-0.15, -0.1) is 0 Å². The molecule has 1 aliphatic carbocycles. The maximum Gasteiger partial charge on any atom is 0.00979 e. The van der Waals surface area contributed by atoms with Crippen molar-refractivity contribution in [3.8, 4) is 0 Å². The van der Waals surface area contributed by atoms with Gasteiger partial charge in [0.05, 0.1) is 0 Å². The van der Waals surface area contributed by atoms with Crippen molar-refractivity contribution in [1.29, 1.82) is 0 Å². The van der Waals surface area contributed by atoms with Gasteiger partial charge in [-0.1, -0.05) is 19.8 Å². The number of nitrogens with zero attached hydrogens (tertiary/aromatic N) is 1. The average molecular weight is 181 g/mol. The third-order valence-electron chi connectivity index (χ3n) is 4.00. The highest BCUT2D eigenvalue weighted by Gasteiger charge is 2.28. The molecule has 2 aliphatic rings. The Bertz CT molecular complexity index is 149. The Hall–Kier alpha value is -0.0400. The molecule has 76 valence electrons. The molecular formula is C12H23N. The summed E-state index contributed by atoms with van der Waals surface area (Å²) in [6, 6.07) is 0.963. The van der Waals surface area contributed by atoms with Gasteiger partial charge in [0.15, 0.2) is 0 Å². The summed E-state index contributed by atoms with van der Waals surface area (Å²) in [5.74, 6) is 1.05. The molecule has 0 amide bonds. The van der Waals surface area contributed by atoms with Crippen molar-refractivity contribution in [2.45, 2.75) is 57.9 Å². The van der Waals surface area contributed by atoms with E-state index in [9.17, 15) is 0 Å². The van der Waals surface area contributed by atoms with E-state index in [1.807, 2.05) is 0 Å². The first-order chi connectivity index (χ1) is 6.40. The lowest BCUT2D eigenvalue weighted by atomic mass is 10.0. The molecular weight excluding hydrogens is 158 g/mol. The number of hydrogen-bond acceptors (Lipinski definition) is 1. The molecule has 13 heavy (non-hydrogen) atoms. The lowest BCUT2D eigenvalue weighted by molar-refractivity contribution is 0.162. The second-order valence-electron chi connectivity index (χ2n) is 4.84. The Morgan fingerprint density at radius 1 is 1.08 bits per heavy atom. The molecule has 2 unspecified atom stereocenters. The molecule has 1 heteroatoms. The van der Waals surface area contributed by atoms with Crippen LogP contribution in [0, 0.1) is 5.92 Å². The van der Waals surface area contributed by atoms with Gasteiger partial charge in [0.25, 0.3) is 0 Å². The molecule has 0 radical (unpaired) electrons. The van der Waals surface area contributed by atoms with Gasteiger partial charge in [-0.05, 0) is 51.1 Å². The maximum absolute atomic E-state index is 2.76. The van der Waals surface area contributed by atoms with Gasteiger partial charge >= 0.3 is 0 Å². The van der Waals surface area contributed by atoms with Crippen molar-refractivity contribution in [3.63, 3.8) is 0 Å². The Kier molecular flexibility index (Phi) is 3.26. The number of rotatable bonds is 2. The second kappa shape index (κ2) is 4.45. The average Bonchev–Trinajstić information content (AvgIpc) is 2.67. The van der Waals surface area contributed by atoms with E-state index >= 15 is 0 Å². The summed E-state index contributed by atoms with van der Waals surface area (Å²) in [7, 11) is 0. The van der Waals surface area contributed by atoms with Crippen LogP contribution in [0.5, 0.6) is 0 Å². The van der Waals surface area contributed by atoms with Crippen molar-refractivity contribution in [1.82, 2.24) is 4.90 Å². The van der Waals surface area contributed by atoms with Crippen LogP contribution in [0.4, 0.5) is 0 Å². The molecule has 0 N–H and O–H groups in total. The standard InChI is InChI=1S/C12H23N/c1-2-11-6-7-12(10-11)13-8-4-3-5-9-13/h11-12H,2-10H2,1H3. The molecule has 0 spiro atoms. The second-order valence-corrected chi connectivity index (χ2v) is 4.84. The first-order valence-electron chi connectivity index (χ1n) is 6.14. The lowest BCUT2D eigenvalue weighted by Crippen LogP contribution is -2.37. The van der Waals surface area contributed by atoms with Crippen molar-refractivity contribution in [2.75, 3.05) is 13.1 Å². The van der Waals surface area contributed by atoms with Gasteiger partial charge in [-0.2, -0.15) is 0 Å². The van der Waals surface area contributed by atoms with E-state index in [4.69, 9.17) is 0 Å². The molecule has 0 bridgehead atoms. The van der Waals surface area contributed by atoms with E-state index in [0.29, 0.717) is 0 Å². The normalized spacial score (nSPS) is 36.7. The molecule has 2 fully saturated rings. The summed E-state index contributed by atoms with van der Waals surface area (Å²) >= 11 is 0. The first-order valence-corrected chi connectivity index (χ1v) is 6.14. The van der Waals surface area contributed by atoms with Crippen LogP contribution >= 0.6 is 0 Å². The van der Waals surface area contributed by atoms with Crippen LogP contribution in [-0.4, -0.2) is 24.0 Å². The molecule has 1 nitrogen and oxygen atoms in total. The molecule has 2 atom stereocenters. The lowest BCUT2D eigenvalue weighted by Gasteiger charge is -2.32. The highest BCUT2D eigenvalue weighted by atomic mass is 15.2. The number of piperidine rings is 1. The van der Waals surface area contributed by atoms with Gasteiger partial charge in [0.2, 0.25) is 0 Å². The zero-order chi connectivity index (χ0) is 9.10. The van der Waals surface area contributed by atoms with Crippen LogP contribution in [-0.2, 0) is 0 Å². The van der Waals surface area contributed by atoms with Crippen molar-refractivity contribution < 1.29 is 0 Å². The minimum absolute atomic E-state index is 0.963. The fraction of sp³-hybridized carbons (Fsp3) is 1.00. The SMILES string of the molecule is CCC1CCC(N2CCCCC2)C1. The zero-order valence-corrected chi connectivity index (χ0v) is 8.97. The van der Waals surface area contributed by atoms with Crippen LogP contribution in [0.25, 0.3) is 0 Å². The molecule has 1 heterocycles. The molecule has 2 rings (SSSR count). The van der Waals surface area contributed by atoms with Gasteiger partial charge in [-0.3, -0.25) is 0 Å². The summed E-state index contributed by atoms with van der Waals surface area (Å²) in [5, 5.41) is 0. The fourth-order valence-electron chi connectivity index (χ4n) is 3.03. The molecule has 1 saturated carbocycles. The Balaban J connectivity index is 1.80. The van der Waals surface area contributed by atoms with Crippen LogP contribution < -0.4 is 0 Å². The third kappa shape index (κ3) is 2.25. The van der Waals surface area contributed by atoms with E-state index in [0.717, 1.165) is 12.0 Å². The Morgan fingerprint density at radius 2 is 1.85 bits per heavy atom. The quantitative estimate of drug-likeness (QED) is 0.633. The molecule has 0 aromatic carbocycles. The van der Waals surface area contributed by atoms with Crippen molar-refractivity contribution >= 4 is 0 Å². The third-order valence-corrected chi connectivity index (χ3v) is 4.00. The van der Waals surface area contributed by atoms with Crippen molar-refractivity contribution in [3.05, 3.63) is 0 Å². The van der Waals surface area contributed by atoms with Gasteiger partial charge in [-0.25, -0.2) is 0 Å². The van der Waals surface area contributed by atoms with E-state index in [2.05, 4.69) is 11.8 Å². The van der Waals surface area contributed by atoms with Crippen LogP contribution in [0.2, 0.25) is 0 Å². The number of hydrogen-bond donors (Lipinski definition) is 0. The zero-order valence-electron chi connectivity index (χ0n) is 8.97. The smallest absolute Gasteiger partial charge is 0.00979 e. The Labute approximate surface area is 82.5 Å². The molecule has 0 aromatic rings. The van der Waals surface area contributed by atoms with Crippen LogP contribution in [0.3, 0.4) is 0 Å². The van der Waals surface area contributed by atoms with E-state index in [-0.39, 0.29) is 0 Å². The Morgan fingerprint density at radius 3 is 2.46 bits per heavy atom. The van der Waals surface area contributed by atoms with E-state index in [1.165, 1.54) is 58.0 Å². The predicted octanol–water partition coefficient (Wildman–Crippen LogP) is 3.05. The van der Waals surface area contributed by atoms with Gasteiger partial charge in [0.1, 0.15) is 0 Å². The van der Waals surface area contributed by atoms with Gasteiger partial charge in [0, 0.05) is 6.04 Å². The summed E-state index contributed by atoms with van der Waals surface area (Å²) in [6.07, 6.45) is 10.3. The summed E-state index contributed by atoms with van der Waals surface area (Å²) in [5.41, 5.74) is 0. The monoisotopic (exact) mass is 181 g/mol. The highest BCUT2D eigenvalue weighted by molar-refractivity contribution is 4.83. The first kappa shape index (κ1) is 9.51. The van der Waals surface area contributed by atoms with Crippen LogP contribution in [0.15, 0.2) is 0 Å². The topological polar surface area (TPSA) is 3.24 Å². The van der Waals surface area contributed by atoms with E-state index in [1.54, 1.807) is 0 Å². The number of likely N-dealkylation sites (tertiary alicyclic amines) is 1. The predicted molar refractivity (Wildman–Crippen MR) is 56.8 cm³/mol. The fourth-order valence-corrected chi connectivity index (χ4v) is 3.03. The van der Waals surface area contributed by atoms with Crippen LogP contribution in [0.1, 0.15) is 51.9 Å². The minimum atomic E-state index is 0.963. The van der Waals surface area contributed by atoms with E-state index < -0.39 is 0 Å². The molecule has 1 aliphatic heterocycles. The summed E-state index contributed by atoms with van der Waals surface area (Å²) in [4.78, 5) is 2.76. The summed E-state index contributed by atoms with van der Waals surface area (Å²) in [6.45, 7) is 5.13. The van der Waals surface area contributed by atoms with Gasteiger partial charge < -0.3 is 4.90 Å².